The molecular formula is C48H51N3O9. The minimum atomic E-state index is -1.18. The Labute approximate surface area is 348 Å². The van der Waals surface area contributed by atoms with Gasteiger partial charge in [-0.3, -0.25) is 4.79 Å². The van der Waals surface area contributed by atoms with E-state index in [1.165, 1.54) is 20.3 Å². The fourth-order valence-corrected chi connectivity index (χ4v) is 10.1. The van der Waals surface area contributed by atoms with Crippen LogP contribution in [-0.4, -0.2) is 72.8 Å². The number of Topliss-reactive ketones (excluding diaryl/α,β-unsaturated/α-hetero) is 1. The molecule has 3 heterocycles. The molecule has 12 nitrogen and oxygen atoms in total. The topological polar surface area (TPSA) is 198 Å². The van der Waals surface area contributed by atoms with Crippen LogP contribution in [0, 0.1) is 11.8 Å². The predicted molar refractivity (Wildman–Crippen MR) is 228 cm³/mol. The number of phenolic OH excluding ortho intramolecular Hbond substituents is 4. The van der Waals surface area contributed by atoms with E-state index in [1.54, 1.807) is 42.6 Å². The van der Waals surface area contributed by atoms with Gasteiger partial charge in [0.2, 0.25) is 5.75 Å². The molecule has 2 aromatic heterocycles. The number of fused-ring (bicyclic) bond motifs is 6. The van der Waals surface area contributed by atoms with Crippen molar-refractivity contribution in [1.82, 2.24) is 9.97 Å². The first-order chi connectivity index (χ1) is 29.0. The molecule has 1 saturated carbocycles. The molecular weight excluding hydrogens is 763 g/mol. The van der Waals surface area contributed by atoms with Crippen molar-refractivity contribution in [3.05, 3.63) is 125 Å². The van der Waals surface area contributed by atoms with Crippen LogP contribution in [0.2, 0.25) is 0 Å². The van der Waals surface area contributed by atoms with E-state index in [9.17, 15) is 30.6 Å². The number of hydrogen-bond acceptors (Lipinski definition) is 11. The van der Waals surface area contributed by atoms with Gasteiger partial charge in [-0.15, -0.1) is 0 Å². The van der Waals surface area contributed by atoms with Crippen LogP contribution in [0.15, 0.2) is 97.3 Å². The number of aromatic amines is 1. The first-order valence-corrected chi connectivity index (χ1v) is 20.4. The van der Waals surface area contributed by atoms with E-state index in [0.717, 1.165) is 38.8 Å². The fourth-order valence-electron chi connectivity index (χ4n) is 10.1. The summed E-state index contributed by atoms with van der Waals surface area (Å²) in [6.07, 6.45) is 4.18. The van der Waals surface area contributed by atoms with Gasteiger partial charge in [-0.25, -0.2) is 4.98 Å². The summed E-state index contributed by atoms with van der Waals surface area (Å²) in [5.74, 6) is -1.99. The predicted octanol–water partition coefficient (Wildman–Crippen LogP) is 7.70. The van der Waals surface area contributed by atoms with Crippen LogP contribution in [0.1, 0.15) is 66.0 Å². The summed E-state index contributed by atoms with van der Waals surface area (Å²) in [7, 11) is 2.87. The summed E-state index contributed by atoms with van der Waals surface area (Å²) < 4.78 is 10.8. The highest BCUT2D eigenvalue weighted by atomic mass is 16.5. The molecule has 2 bridgehead atoms. The first-order valence-electron chi connectivity index (χ1n) is 20.4. The molecule has 0 saturated heterocycles. The molecule has 8 rings (SSSR count). The largest absolute Gasteiger partial charge is 0.508 e. The van der Waals surface area contributed by atoms with Gasteiger partial charge in [0.1, 0.15) is 17.4 Å². The molecule has 1 fully saturated rings. The molecule has 1 aliphatic heterocycles. The Morgan fingerprint density at radius 1 is 0.900 bits per heavy atom. The number of hydrogen-bond donors (Lipinski definition) is 8. The van der Waals surface area contributed by atoms with Crippen molar-refractivity contribution in [2.24, 2.45) is 11.8 Å². The van der Waals surface area contributed by atoms with E-state index < -0.39 is 41.1 Å². The summed E-state index contributed by atoms with van der Waals surface area (Å²) in [6.45, 7) is 0. The second-order valence-electron chi connectivity index (χ2n) is 16.3. The normalized spacial score (nSPS) is 22.3. The number of ketones is 1. The van der Waals surface area contributed by atoms with E-state index in [4.69, 9.17) is 14.5 Å². The molecule has 2 aliphatic rings. The van der Waals surface area contributed by atoms with Crippen molar-refractivity contribution in [3.8, 4) is 34.5 Å². The maximum Gasteiger partial charge on any atom is 0.200 e. The highest BCUT2D eigenvalue weighted by Crippen LogP contribution is 2.55. The second-order valence-corrected chi connectivity index (χ2v) is 16.3. The Kier molecular flexibility index (Phi) is 11.3. The zero-order chi connectivity index (χ0) is 42.1. The summed E-state index contributed by atoms with van der Waals surface area (Å²) in [4.78, 5) is 23.8. The number of aromatic nitrogens is 2. The summed E-state index contributed by atoms with van der Waals surface area (Å²) in [5.41, 5.74) is 3.70. The smallest absolute Gasteiger partial charge is 0.200 e. The molecule has 12 heteroatoms. The number of anilines is 2. The number of nitrogens with one attached hydrogen (secondary N) is 2. The zero-order valence-corrected chi connectivity index (χ0v) is 33.6. The lowest BCUT2D eigenvalue weighted by molar-refractivity contribution is -0.132. The standard InChI is InChI=1S/C48H51N3O9/c1-59-43-20-27(5-13-39(43)54)6-14-40(55)46-41(56)22-28(30-23-42(57)47(58)44(24-30)60-2)7-10-35-34-11-9-33(52)21-29(34)8-12-37(35)51-45-25-31(16-19-50-45)48(46)17-15-38(53)36(48)26-32-4-3-18-49-32/h3-5,8-9,11-13,16,18-21,23-25,28,36,38,40,46,49,52-55,57-58H,6-7,10,14-15,17,22,26H2,1-2H3,(H,50,51). The van der Waals surface area contributed by atoms with Crippen LogP contribution in [0.25, 0.3) is 10.8 Å². The number of aryl methyl sites for hydroxylation is 2. The number of carbonyl (C=O) groups is 1. The average Bonchev–Trinajstić information content (AvgIpc) is 3.88. The molecule has 6 aromatic rings. The van der Waals surface area contributed by atoms with E-state index in [-0.39, 0.29) is 41.6 Å². The molecule has 4 aromatic carbocycles. The van der Waals surface area contributed by atoms with Crippen molar-refractivity contribution >= 4 is 28.1 Å². The van der Waals surface area contributed by atoms with Crippen LogP contribution in [0.5, 0.6) is 34.5 Å². The zero-order valence-electron chi connectivity index (χ0n) is 33.6. The van der Waals surface area contributed by atoms with Gasteiger partial charge in [0.05, 0.1) is 32.3 Å². The average molecular weight is 814 g/mol. The van der Waals surface area contributed by atoms with E-state index >= 15 is 4.79 Å². The number of pyridine rings is 1. The summed E-state index contributed by atoms with van der Waals surface area (Å²) in [5, 5.41) is 72.3. The Morgan fingerprint density at radius 2 is 1.73 bits per heavy atom. The van der Waals surface area contributed by atoms with Gasteiger partial charge < -0.3 is 50.4 Å². The van der Waals surface area contributed by atoms with Crippen LogP contribution in [-0.2, 0) is 29.5 Å². The second kappa shape index (κ2) is 16.8. The van der Waals surface area contributed by atoms with Crippen molar-refractivity contribution in [2.45, 2.75) is 74.9 Å². The van der Waals surface area contributed by atoms with E-state index in [1.807, 2.05) is 48.7 Å². The third kappa shape index (κ3) is 7.68. The third-order valence-corrected chi connectivity index (χ3v) is 13.0. The van der Waals surface area contributed by atoms with Gasteiger partial charge in [0.15, 0.2) is 23.0 Å². The van der Waals surface area contributed by atoms with Gasteiger partial charge in [0, 0.05) is 41.5 Å². The monoisotopic (exact) mass is 813 g/mol. The summed E-state index contributed by atoms with van der Waals surface area (Å²) in [6, 6.07) is 25.0. The minimum Gasteiger partial charge on any atom is -0.508 e. The number of methoxy groups -OCH3 is 2. The Hall–Kier alpha value is -6.24. The number of phenols is 4. The molecule has 6 atom stereocenters. The lowest BCUT2D eigenvalue weighted by Gasteiger charge is -2.45. The number of H-pyrrole nitrogens is 1. The SMILES string of the molecule is COc1cc(CCC(O)C2C(=O)CC(c3cc(O)c(O)c(OC)c3)CCc3c(ccc4cc(O)ccc34)Nc3cc(ccn3)C23CCC(O)C3Cc2ccc[nH]2)ccc1O. The number of aliphatic hydroxyl groups is 2. The van der Waals surface area contributed by atoms with E-state index in [2.05, 4.69) is 10.3 Å². The highest BCUT2D eigenvalue weighted by molar-refractivity contribution is 5.92. The third-order valence-electron chi connectivity index (χ3n) is 13.0. The lowest BCUT2D eigenvalue weighted by atomic mass is 9.58. The Bertz CT molecular complexity index is 2510. The number of carbonyl (C=O) groups excluding carboxylic acids is 1. The number of benzene rings is 4. The number of rotatable bonds is 9. The van der Waals surface area contributed by atoms with Crippen LogP contribution >= 0.6 is 0 Å². The molecule has 0 radical (unpaired) electrons. The number of aliphatic hydroxyl groups excluding tert-OH is 2. The molecule has 60 heavy (non-hydrogen) atoms. The minimum absolute atomic E-state index is 0.00315. The fraction of sp³-hybridized carbons (Fsp3) is 0.333. The van der Waals surface area contributed by atoms with Crippen molar-refractivity contribution in [3.63, 3.8) is 0 Å². The molecule has 6 unspecified atom stereocenters. The maximum absolute atomic E-state index is 15.7. The molecule has 312 valence electrons. The van der Waals surface area contributed by atoms with E-state index in [0.29, 0.717) is 55.7 Å². The Morgan fingerprint density at radius 3 is 2.52 bits per heavy atom. The molecule has 1 spiro atoms. The van der Waals surface area contributed by atoms with Crippen LogP contribution in [0.3, 0.4) is 0 Å². The first kappa shape index (κ1) is 40.5. The molecule has 8 N–H and O–H groups in total. The number of aromatic hydroxyl groups is 4. The Balaban J connectivity index is 1.32. The van der Waals surface area contributed by atoms with Crippen LogP contribution in [0.4, 0.5) is 11.5 Å². The number of nitrogens with zero attached hydrogens (tertiary/aromatic N) is 1. The molecule has 0 amide bonds. The van der Waals surface area contributed by atoms with Gasteiger partial charge in [-0.05, 0) is 151 Å². The van der Waals surface area contributed by atoms with Crippen molar-refractivity contribution in [2.75, 3.05) is 19.5 Å². The summed E-state index contributed by atoms with van der Waals surface area (Å²) >= 11 is 0. The van der Waals surface area contributed by atoms with Crippen molar-refractivity contribution in [1.29, 1.82) is 0 Å². The van der Waals surface area contributed by atoms with Crippen molar-refractivity contribution < 1.29 is 44.9 Å². The van der Waals surface area contributed by atoms with Gasteiger partial charge in [0.25, 0.3) is 0 Å². The molecule has 1 aliphatic carbocycles. The maximum atomic E-state index is 15.7. The van der Waals surface area contributed by atoms with Gasteiger partial charge in [-0.1, -0.05) is 18.2 Å². The number of ether oxygens (including phenoxy) is 2. The quantitative estimate of drug-likeness (QED) is 0.0666. The van der Waals surface area contributed by atoms with Gasteiger partial charge in [-0.2, -0.15) is 0 Å². The lowest BCUT2D eigenvalue weighted by Crippen LogP contribution is -2.51. The van der Waals surface area contributed by atoms with Gasteiger partial charge >= 0.3 is 0 Å². The highest BCUT2D eigenvalue weighted by Gasteiger charge is 2.57. The van der Waals surface area contributed by atoms with Crippen LogP contribution < -0.4 is 14.8 Å².